The lowest BCUT2D eigenvalue weighted by molar-refractivity contribution is 0.0468. The second-order valence-corrected chi connectivity index (χ2v) is 7.24. The average Bonchev–Trinajstić information content (AvgIpc) is 3.30. The largest absolute Gasteiger partial charge is 0.452 e. The number of rotatable bonds is 5. The van der Waals surface area contributed by atoms with Crippen LogP contribution >= 0.6 is 0 Å². The maximum atomic E-state index is 12.8. The van der Waals surface area contributed by atoms with Gasteiger partial charge in [-0.25, -0.2) is 9.48 Å². The summed E-state index contributed by atoms with van der Waals surface area (Å²) in [5.41, 5.74) is 1.54. The Kier molecular flexibility index (Phi) is 5.02. The molecule has 0 unspecified atom stereocenters. The van der Waals surface area contributed by atoms with Crippen molar-refractivity contribution in [1.82, 2.24) is 19.5 Å². The zero-order valence-corrected chi connectivity index (χ0v) is 17.5. The van der Waals surface area contributed by atoms with Gasteiger partial charge in [0.1, 0.15) is 5.76 Å². The number of ether oxygens (including phenoxy) is 1. The molecule has 0 amide bonds. The Balaban J connectivity index is 1.58. The molecule has 0 aliphatic heterocycles. The fourth-order valence-electron chi connectivity index (χ4n) is 3.58. The Morgan fingerprint density at radius 1 is 1.10 bits per heavy atom. The number of benzene rings is 1. The van der Waals surface area contributed by atoms with Gasteiger partial charge in [-0.05, 0) is 32.9 Å². The number of fused-ring (bicyclic) bond motifs is 1. The van der Waals surface area contributed by atoms with Gasteiger partial charge in [0, 0.05) is 35.5 Å². The molecule has 0 atom stereocenters. The Bertz CT molecular complexity index is 1390. The molecule has 1 aromatic carbocycles. The summed E-state index contributed by atoms with van der Waals surface area (Å²) in [5, 5.41) is 8.75. The SMILES string of the molecule is Cc1cc(-n2c(C)cc(C(=O)COC(=O)c3nn(C)c(=O)c4ccccc34)c2C)no1. The number of Topliss-reactive ketones (excluding diaryl/α,β-unsaturated/α-hetero) is 1. The van der Waals surface area contributed by atoms with Gasteiger partial charge in [-0.15, -0.1) is 0 Å². The topological polar surface area (TPSA) is 109 Å². The highest BCUT2D eigenvalue weighted by molar-refractivity contribution is 6.04. The average molecular weight is 420 g/mol. The van der Waals surface area contributed by atoms with E-state index in [1.165, 1.54) is 7.05 Å². The van der Waals surface area contributed by atoms with Crippen molar-refractivity contribution >= 4 is 22.5 Å². The first-order chi connectivity index (χ1) is 14.8. The van der Waals surface area contributed by atoms with E-state index in [1.807, 2.05) is 6.92 Å². The maximum Gasteiger partial charge on any atom is 0.359 e. The fraction of sp³-hybridized carbons (Fsp3) is 0.227. The van der Waals surface area contributed by atoms with Crippen LogP contribution in [-0.4, -0.2) is 37.9 Å². The van der Waals surface area contributed by atoms with Crippen LogP contribution < -0.4 is 5.56 Å². The molecule has 158 valence electrons. The Morgan fingerprint density at radius 2 is 1.81 bits per heavy atom. The van der Waals surface area contributed by atoms with E-state index < -0.39 is 12.6 Å². The summed E-state index contributed by atoms with van der Waals surface area (Å²) in [5.74, 6) is 0.0915. The second-order valence-electron chi connectivity index (χ2n) is 7.24. The van der Waals surface area contributed by atoms with Gasteiger partial charge in [-0.3, -0.25) is 14.2 Å². The van der Waals surface area contributed by atoms with Gasteiger partial charge in [0.25, 0.3) is 5.56 Å². The van der Waals surface area contributed by atoms with Crippen LogP contribution in [0.15, 0.2) is 45.7 Å². The maximum absolute atomic E-state index is 12.8. The number of aryl methyl sites for hydroxylation is 3. The van der Waals surface area contributed by atoms with Gasteiger partial charge in [-0.2, -0.15) is 5.10 Å². The standard InChI is InChI=1S/C22H20N4O5/c1-12-9-17(14(3)26(12)19-10-13(2)31-24-19)18(27)11-30-22(29)20-15-7-5-6-8-16(15)21(28)25(4)23-20/h5-10H,11H2,1-4H3. The Labute approximate surface area is 176 Å². The summed E-state index contributed by atoms with van der Waals surface area (Å²) in [6.07, 6.45) is 0. The predicted molar refractivity (Wildman–Crippen MR) is 112 cm³/mol. The van der Waals surface area contributed by atoms with Gasteiger partial charge < -0.3 is 9.26 Å². The van der Waals surface area contributed by atoms with E-state index >= 15 is 0 Å². The van der Waals surface area contributed by atoms with Crippen LogP contribution in [0.1, 0.15) is 38.0 Å². The van der Waals surface area contributed by atoms with Crippen molar-refractivity contribution in [2.75, 3.05) is 6.61 Å². The molecule has 4 aromatic rings. The molecule has 0 radical (unpaired) electrons. The third-order valence-corrected chi connectivity index (χ3v) is 5.06. The van der Waals surface area contributed by atoms with Crippen molar-refractivity contribution in [2.24, 2.45) is 7.05 Å². The molecule has 4 rings (SSSR count). The smallest absolute Gasteiger partial charge is 0.359 e. The van der Waals surface area contributed by atoms with Crippen LogP contribution in [-0.2, 0) is 11.8 Å². The molecule has 0 aliphatic rings. The molecule has 3 heterocycles. The molecule has 0 saturated carbocycles. The highest BCUT2D eigenvalue weighted by Gasteiger charge is 2.22. The molecule has 0 spiro atoms. The van der Waals surface area contributed by atoms with Crippen LogP contribution in [0, 0.1) is 20.8 Å². The highest BCUT2D eigenvalue weighted by atomic mass is 16.5. The minimum atomic E-state index is -0.777. The van der Waals surface area contributed by atoms with Gasteiger partial charge in [0.05, 0.1) is 5.39 Å². The Morgan fingerprint density at radius 3 is 2.48 bits per heavy atom. The summed E-state index contributed by atoms with van der Waals surface area (Å²) >= 11 is 0. The van der Waals surface area contributed by atoms with Crippen molar-refractivity contribution < 1.29 is 18.8 Å². The minimum Gasteiger partial charge on any atom is -0.452 e. The third kappa shape index (κ3) is 3.54. The summed E-state index contributed by atoms with van der Waals surface area (Å²) in [6.45, 7) is 4.96. The van der Waals surface area contributed by atoms with Crippen LogP contribution in [0.4, 0.5) is 0 Å². The van der Waals surface area contributed by atoms with Crippen molar-refractivity contribution in [2.45, 2.75) is 20.8 Å². The number of carbonyl (C=O) groups excluding carboxylic acids is 2. The number of hydrogen-bond acceptors (Lipinski definition) is 7. The zero-order valence-electron chi connectivity index (χ0n) is 17.5. The molecular formula is C22H20N4O5. The van der Waals surface area contributed by atoms with Crippen molar-refractivity contribution in [3.05, 3.63) is 75.2 Å². The van der Waals surface area contributed by atoms with Gasteiger partial charge in [0.2, 0.25) is 5.78 Å². The van der Waals surface area contributed by atoms with Crippen molar-refractivity contribution in [3.8, 4) is 5.82 Å². The first-order valence-electron chi connectivity index (χ1n) is 9.57. The first kappa shape index (κ1) is 20.3. The zero-order chi connectivity index (χ0) is 22.3. The number of hydrogen-bond donors (Lipinski definition) is 0. The molecule has 31 heavy (non-hydrogen) atoms. The monoisotopic (exact) mass is 420 g/mol. The number of esters is 1. The summed E-state index contributed by atoms with van der Waals surface area (Å²) in [6, 6.07) is 10.1. The summed E-state index contributed by atoms with van der Waals surface area (Å²) in [4.78, 5) is 37.7. The molecule has 0 saturated heterocycles. The second kappa shape index (κ2) is 7.67. The van der Waals surface area contributed by atoms with E-state index in [9.17, 15) is 14.4 Å². The van der Waals surface area contributed by atoms with Gasteiger partial charge in [0.15, 0.2) is 18.1 Å². The lowest BCUT2D eigenvalue weighted by Crippen LogP contribution is -2.24. The molecule has 0 aliphatic carbocycles. The molecule has 0 N–H and O–H groups in total. The lowest BCUT2D eigenvalue weighted by atomic mass is 10.1. The van der Waals surface area contributed by atoms with E-state index in [4.69, 9.17) is 9.26 Å². The van der Waals surface area contributed by atoms with Crippen molar-refractivity contribution in [1.29, 1.82) is 0 Å². The van der Waals surface area contributed by atoms with E-state index in [0.717, 1.165) is 10.4 Å². The van der Waals surface area contributed by atoms with Gasteiger partial charge >= 0.3 is 5.97 Å². The number of aromatic nitrogens is 4. The molecule has 9 nitrogen and oxygen atoms in total. The molecule has 0 fully saturated rings. The van der Waals surface area contributed by atoms with Crippen LogP contribution in [0.25, 0.3) is 16.6 Å². The van der Waals surface area contributed by atoms with E-state index in [1.54, 1.807) is 54.8 Å². The fourth-order valence-corrected chi connectivity index (χ4v) is 3.58. The number of carbonyl (C=O) groups is 2. The van der Waals surface area contributed by atoms with Crippen LogP contribution in [0.2, 0.25) is 0 Å². The van der Waals surface area contributed by atoms with Crippen molar-refractivity contribution in [3.63, 3.8) is 0 Å². The third-order valence-electron chi connectivity index (χ3n) is 5.06. The highest BCUT2D eigenvalue weighted by Crippen LogP contribution is 2.21. The van der Waals surface area contributed by atoms with Crippen LogP contribution in [0.3, 0.4) is 0 Å². The predicted octanol–water partition coefficient (Wildman–Crippen LogP) is 2.68. The number of ketones is 1. The van der Waals surface area contributed by atoms with Crippen LogP contribution in [0.5, 0.6) is 0 Å². The van der Waals surface area contributed by atoms with E-state index in [2.05, 4.69) is 10.3 Å². The van der Waals surface area contributed by atoms with E-state index in [-0.39, 0.29) is 17.0 Å². The summed E-state index contributed by atoms with van der Waals surface area (Å²) < 4.78 is 13.3. The molecule has 3 aromatic heterocycles. The van der Waals surface area contributed by atoms with E-state index in [0.29, 0.717) is 33.6 Å². The lowest BCUT2D eigenvalue weighted by Gasteiger charge is -2.08. The number of nitrogens with zero attached hydrogens (tertiary/aromatic N) is 4. The molecule has 9 heteroatoms. The van der Waals surface area contributed by atoms with Gasteiger partial charge in [-0.1, -0.05) is 23.4 Å². The quantitative estimate of drug-likeness (QED) is 0.361. The Hall–Kier alpha value is -4.01. The first-order valence-corrected chi connectivity index (χ1v) is 9.57. The normalized spacial score (nSPS) is 11.1. The minimum absolute atomic E-state index is 0.0194. The molecule has 0 bridgehead atoms. The summed E-state index contributed by atoms with van der Waals surface area (Å²) in [7, 11) is 1.46. The molecular weight excluding hydrogens is 400 g/mol.